The fraction of sp³-hybridized carbons (Fsp3) is 0.200. The number of carbonyl (C=O) groups excluding carboxylic acids is 1. The number of para-hydroxylation sites is 1. The molecular formula is C20H19NO4. The molecule has 0 fully saturated rings. The summed E-state index contributed by atoms with van der Waals surface area (Å²) in [5.41, 5.74) is 0.647. The lowest BCUT2D eigenvalue weighted by Gasteiger charge is -2.20. The molecule has 0 bridgehead atoms. The third kappa shape index (κ3) is 3.71. The second-order valence-corrected chi connectivity index (χ2v) is 6.63. The lowest BCUT2D eigenvalue weighted by molar-refractivity contribution is 0.0635. The largest absolute Gasteiger partial charge is 0.444 e. The molecule has 2 aromatic carbocycles. The second kappa shape index (κ2) is 6.43. The highest BCUT2D eigenvalue weighted by atomic mass is 16.6. The van der Waals surface area contributed by atoms with E-state index in [1.165, 1.54) is 0 Å². The molecule has 0 unspecified atom stereocenters. The summed E-state index contributed by atoms with van der Waals surface area (Å²) in [5, 5.41) is 3.29. The number of anilines is 1. The molecule has 5 nitrogen and oxygen atoms in total. The summed E-state index contributed by atoms with van der Waals surface area (Å²) in [6, 6.07) is 16.6. The average Bonchev–Trinajstić information content (AvgIpc) is 2.54. The first-order valence-electron chi connectivity index (χ1n) is 7.96. The quantitative estimate of drug-likeness (QED) is 0.682. The van der Waals surface area contributed by atoms with E-state index in [0.29, 0.717) is 11.1 Å². The van der Waals surface area contributed by atoms with Crippen molar-refractivity contribution >= 4 is 22.7 Å². The number of carbonyl (C=O) groups is 1. The Labute approximate surface area is 145 Å². The lowest BCUT2D eigenvalue weighted by atomic mass is 10.0. The van der Waals surface area contributed by atoms with Crippen molar-refractivity contribution in [3.63, 3.8) is 0 Å². The smallest absolute Gasteiger partial charge is 0.412 e. The predicted molar refractivity (Wildman–Crippen MR) is 97.8 cm³/mol. The Morgan fingerprint density at radius 1 is 1.00 bits per heavy atom. The fourth-order valence-corrected chi connectivity index (χ4v) is 2.57. The van der Waals surface area contributed by atoms with Gasteiger partial charge in [0.15, 0.2) is 0 Å². The SMILES string of the molecule is CC(C)(C)OC(=O)Nc1c(-c2ccccc2)c2ccccc2oc1=O. The van der Waals surface area contributed by atoms with Crippen LogP contribution in [0.15, 0.2) is 63.8 Å². The van der Waals surface area contributed by atoms with Crippen molar-refractivity contribution in [2.75, 3.05) is 5.32 Å². The van der Waals surface area contributed by atoms with E-state index in [1.807, 2.05) is 42.5 Å². The molecule has 5 heteroatoms. The van der Waals surface area contributed by atoms with Gasteiger partial charge in [0.1, 0.15) is 16.9 Å². The summed E-state index contributed by atoms with van der Waals surface area (Å²) >= 11 is 0. The Morgan fingerprint density at radius 3 is 2.32 bits per heavy atom. The Balaban J connectivity index is 2.19. The Hall–Kier alpha value is -3.08. The van der Waals surface area contributed by atoms with Crippen molar-refractivity contribution in [1.82, 2.24) is 0 Å². The molecule has 0 aliphatic carbocycles. The Bertz CT molecular complexity index is 968. The van der Waals surface area contributed by atoms with Crippen molar-refractivity contribution in [3.05, 3.63) is 65.0 Å². The zero-order chi connectivity index (χ0) is 18.0. The number of benzene rings is 2. The summed E-state index contributed by atoms with van der Waals surface area (Å²) in [6.07, 6.45) is -0.702. The van der Waals surface area contributed by atoms with Gasteiger partial charge in [-0.1, -0.05) is 48.5 Å². The van der Waals surface area contributed by atoms with E-state index in [-0.39, 0.29) is 5.69 Å². The first-order chi connectivity index (χ1) is 11.8. The van der Waals surface area contributed by atoms with Crippen molar-refractivity contribution in [3.8, 4) is 11.1 Å². The van der Waals surface area contributed by atoms with Gasteiger partial charge < -0.3 is 9.15 Å². The van der Waals surface area contributed by atoms with Crippen LogP contribution in [0, 0.1) is 0 Å². The molecule has 3 aromatic rings. The van der Waals surface area contributed by atoms with Crippen molar-refractivity contribution in [1.29, 1.82) is 0 Å². The highest BCUT2D eigenvalue weighted by molar-refractivity contribution is 6.03. The predicted octanol–water partition coefficient (Wildman–Crippen LogP) is 4.81. The highest BCUT2D eigenvalue weighted by Gasteiger charge is 2.21. The fourth-order valence-electron chi connectivity index (χ4n) is 2.57. The minimum atomic E-state index is -0.702. The summed E-state index contributed by atoms with van der Waals surface area (Å²) in [5.74, 6) is 0. The number of nitrogens with one attached hydrogen (secondary N) is 1. The van der Waals surface area contributed by atoms with E-state index >= 15 is 0 Å². The number of hydrogen-bond donors (Lipinski definition) is 1. The molecule has 1 amide bonds. The van der Waals surface area contributed by atoms with Gasteiger partial charge >= 0.3 is 11.7 Å². The van der Waals surface area contributed by atoms with Crippen LogP contribution in [-0.4, -0.2) is 11.7 Å². The third-order valence-electron chi connectivity index (χ3n) is 3.50. The summed E-state index contributed by atoms with van der Waals surface area (Å²) in [4.78, 5) is 24.7. The number of fused-ring (bicyclic) bond motifs is 1. The van der Waals surface area contributed by atoms with Gasteiger partial charge in [0, 0.05) is 10.9 Å². The highest BCUT2D eigenvalue weighted by Crippen LogP contribution is 2.33. The Kier molecular flexibility index (Phi) is 4.31. The van der Waals surface area contributed by atoms with E-state index in [9.17, 15) is 9.59 Å². The number of ether oxygens (including phenoxy) is 1. The van der Waals surface area contributed by atoms with Gasteiger partial charge in [-0.3, -0.25) is 5.32 Å². The van der Waals surface area contributed by atoms with E-state index in [1.54, 1.807) is 32.9 Å². The van der Waals surface area contributed by atoms with Crippen LogP contribution in [0.5, 0.6) is 0 Å². The van der Waals surface area contributed by atoms with Crippen LogP contribution in [0.25, 0.3) is 22.1 Å². The minimum Gasteiger partial charge on any atom is -0.444 e. The number of rotatable bonds is 2. The zero-order valence-corrected chi connectivity index (χ0v) is 14.3. The van der Waals surface area contributed by atoms with Crippen LogP contribution >= 0.6 is 0 Å². The monoisotopic (exact) mass is 337 g/mol. The van der Waals surface area contributed by atoms with Gasteiger partial charge in [-0.25, -0.2) is 9.59 Å². The molecule has 0 atom stereocenters. The van der Waals surface area contributed by atoms with Crippen LogP contribution in [-0.2, 0) is 4.74 Å². The third-order valence-corrected chi connectivity index (χ3v) is 3.50. The normalized spacial score (nSPS) is 11.3. The first-order valence-corrected chi connectivity index (χ1v) is 7.96. The lowest BCUT2D eigenvalue weighted by Crippen LogP contribution is -2.29. The van der Waals surface area contributed by atoms with Gasteiger partial charge in [-0.05, 0) is 32.4 Å². The molecule has 0 aliphatic heterocycles. The molecule has 128 valence electrons. The maximum atomic E-state index is 12.5. The van der Waals surface area contributed by atoms with Gasteiger partial charge in [0.25, 0.3) is 0 Å². The molecule has 3 rings (SSSR count). The average molecular weight is 337 g/mol. The standard InChI is InChI=1S/C20H19NO4/c1-20(2,3)25-19(23)21-17-16(13-9-5-4-6-10-13)14-11-7-8-12-15(14)24-18(17)22/h4-12H,1-3H3,(H,21,23). The van der Waals surface area contributed by atoms with Crippen LogP contribution < -0.4 is 10.9 Å². The zero-order valence-electron chi connectivity index (χ0n) is 14.3. The van der Waals surface area contributed by atoms with Crippen molar-refractivity contribution < 1.29 is 13.9 Å². The van der Waals surface area contributed by atoms with E-state index in [4.69, 9.17) is 9.15 Å². The van der Waals surface area contributed by atoms with E-state index < -0.39 is 17.3 Å². The van der Waals surface area contributed by atoms with Crippen molar-refractivity contribution in [2.45, 2.75) is 26.4 Å². The summed E-state index contributed by atoms with van der Waals surface area (Å²) < 4.78 is 10.6. The maximum absolute atomic E-state index is 12.5. The van der Waals surface area contributed by atoms with Gasteiger partial charge in [0.2, 0.25) is 0 Å². The number of amides is 1. The first kappa shape index (κ1) is 16.8. The van der Waals surface area contributed by atoms with Gasteiger partial charge in [0.05, 0.1) is 0 Å². The number of hydrogen-bond acceptors (Lipinski definition) is 4. The van der Waals surface area contributed by atoms with Crippen molar-refractivity contribution in [2.24, 2.45) is 0 Å². The van der Waals surface area contributed by atoms with Gasteiger partial charge in [-0.2, -0.15) is 0 Å². The maximum Gasteiger partial charge on any atom is 0.412 e. The molecule has 0 spiro atoms. The summed E-state index contributed by atoms with van der Waals surface area (Å²) in [6.45, 7) is 5.27. The topological polar surface area (TPSA) is 68.5 Å². The molecule has 25 heavy (non-hydrogen) atoms. The molecule has 0 saturated heterocycles. The minimum absolute atomic E-state index is 0.0687. The van der Waals surface area contributed by atoms with Crippen LogP contribution in [0.1, 0.15) is 20.8 Å². The van der Waals surface area contributed by atoms with Crippen LogP contribution in [0.3, 0.4) is 0 Å². The molecule has 1 heterocycles. The molecule has 0 radical (unpaired) electrons. The molecular weight excluding hydrogens is 318 g/mol. The molecule has 0 saturated carbocycles. The Morgan fingerprint density at radius 2 is 1.64 bits per heavy atom. The molecule has 1 N–H and O–H groups in total. The van der Waals surface area contributed by atoms with Gasteiger partial charge in [-0.15, -0.1) is 0 Å². The van der Waals surface area contributed by atoms with Crippen LogP contribution in [0.4, 0.5) is 10.5 Å². The van der Waals surface area contributed by atoms with Crippen LogP contribution in [0.2, 0.25) is 0 Å². The summed E-state index contributed by atoms with van der Waals surface area (Å²) in [7, 11) is 0. The molecule has 0 aliphatic rings. The molecule has 1 aromatic heterocycles. The van der Waals surface area contributed by atoms with E-state index in [0.717, 1.165) is 10.9 Å². The van der Waals surface area contributed by atoms with E-state index in [2.05, 4.69) is 5.32 Å². The second-order valence-electron chi connectivity index (χ2n) is 6.63.